The Morgan fingerprint density at radius 1 is 0.525 bits per heavy atom. The zero-order valence-electron chi connectivity index (χ0n) is 32.4. The van der Waals surface area contributed by atoms with Gasteiger partial charge in [-0.2, -0.15) is 0 Å². The predicted molar refractivity (Wildman–Crippen MR) is 243 cm³/mol. The number of aliphatic imine (C=N–C) groups is 1. The van der Waals surface area contributed by atoms with Crippen molar-refractivity contribution in [3.05, 3.63) is 211 Å². The minimum absolute atomic E-state index is 0.343. The monoisotopic (exact) mass is 757 g/mol. The Hall–Kier alpha value is -7.50. The highest BCUT2D eigenvalue weighted by atomic mass is 15.1. The van der Waals surface area contributed by atoms with Gasteiger partial charge in [-0.3, -0.25) is 19.5 Å². The Labute approximate surface area is 343 Å². The van der Waals surface area contributed by atoms with Gasteiger partial charge in [0, 0.05) is 18.1 Å². The number of imidazole rings is 1. The number of aromatic nitrogens is 4. The highest BCUT2D eigenvalue weighted by Crippen LogP contribution is 2.46. The molecule has 0 fully saturated rings. The molecule has 0 radical (unpaired) electrons. The molecule has 0 spiro atoms. The number of para-hydroxylation sites is 3. The fourth-order valence-corrected chi connectivity index (χ4v) is 9.11. The van der Waals surface area contributed by atoms with Crippen LogP contribution in [0.4, 0.5) is 5.69 Å². The maximum atomic E-state index is 5.12. The molecule has 3 aromatic heterocycles. The zero-order chi connectivity index (χ0) is 39.1. The molecule has 1 atom stereocenters. The lowest BCUT2D eigenvalue weighted by Crippen LogP contribution is -2.15. The van der Waals surface area contributed by atoms with Crippen molar-refractivity contribution in [1.82, 2.24) is 19.5 Å². The molecule has 1 unspecified atom stereocenters. The fraction of sp³-hybridized carbons (Fsp3) is 0.0741. The van der Waals surface area contributed by atoms with Gasteiger partial charge in [0.2, 0.25) is 0 Å². The minimum atomic E-state index is 0.343. The van der Waals surface area contributed by atoms with E-state index < -0.39 is 0 Å². The number of aryl methyl sites for hydroxylation is 1. The Kier molecular flexibility index (Phi) is 8.70. The van der Waals surface area contributed by atoms with Crippen molar-refractivity contribution in [3.63, 3.8) is 0 Å². The number of fused-ring (bicyclic) bond motifs is 4. The molecule has 4 heterocycles. The van der Waals surface area contributed by atoms with Crippen LogP contribution in [0.25, 0.3) is 72.0 Å². The van der Waals surface area contributed by atoms with Crippen molar-refractivity contribution >= 4 is 44.0 Å². The largest absolute Gasteiger partial charge is 0.291 e. The first kappa shape index (κ1) is 34.7. The Balaban J connectivity index is 1.09. The van der Waals surface area contributed by atoms with Crippen molar-refractivity contribution in [1.29, 1.82) is 0 Å². The predicted octanol–water partition coefficient (Wildman–Crippen LogP) is 13.4. The summed E-state index contributed by atoms with van der Waals surface area (Å²) in [5.41, 5.74) is 14.4. The molecule has 59 heavy (non-hydrogen) atoms. The lowest BCUT2D eigenvalue weighted by atomic mass is 9.82. The maximum Gasteiger partial charge on any atom is 0.164 e. The van der Waals surface area contributed by atoms with E-state index >= 15 is 0 Å². The number of nitrogens with zero attached hydrogens (tertiary/aromatic N) is 5. The smallest absolute Gasteiger partial charge is 0.164 e. The van der Waals surface area contributed by atoms with E-state index in [-0.39, 0.29) is 0 Å². The summed E-state index contributed by atoms with van der Waals surface area (Å²) < 4.78 is 2.26. The van der Waals surface area contributed by atoms with Gasteiger partial charge < -0.3 is 0 Å². The van der Waals surface area contributed by atoms with Gasteiger partial charge in [-0.1, -0.05) is 127 Å². The van der Waals surface area contributed by atoms with E-state index in [1.54, 1.807) is 0 Å². The van der Waals surface area contributed by atoms with E-state index in [9.17, 15) is 0 Å². The second-order valence-electron chi connectivity index (χ2n) is 15.3. The summed E-state index contributed by atoms with van der Waals surface area (Å²) in [5, 5.41) is 4.90. The molecular formula is C54H39N5. The average Bonchev–Trinajstić information content (AvgIpc) is 3.70. The second-order valence-corrected chi connectivity index (χ2v) is 15.3. The summed E-state index contributed by atoms with van der Waals surface area (Å²) in [7, 11) is 0. The Morgan fingerprint density at radius 2 is 1.15 bits per heavy atom. The first-order valence-electron chi connectivity index (χ1n) is 20.4. The van der Waals surface area contributed by atoms with E-state index in [1.165, 1.54) is 54.9 Å². The van der Waals surface area contributed by atoms with E-state index in [2.05, 4.69) is 155 Å². The molecule has 0 saturated carbocycles. The van der Waals surface area contributed by atoms with Crippen molar-refractivity contribution < 1.29 is 0 Å². The molecule has 11 rings (SSSR count). The van der Waals surface area contributed by atoms with Crippen molar-refractivity contribution in [2.45, 2.75) is 25.2 Å². The minimum Gasteiger partial charge on any atom is -0.291 e. The summed E-state index contributed by atoms with van der Waals surface area (Å²) in [6, 6.07) is 64.9. The standard InChI is InChI=1S/C54H39N5/c1-3-15-37(16-4-1)52-43-30-28-40(59-51-24-10-9-22-48(51)58-54(59)49-23-12-14-32-56-49)35-45(43)53(38-17-5-2-6-18-38)42-29-26-36(33-44(42)52)25-27-39-34-50(47-21-11-13-31-55-47)57-46-20-8-7-19-41(39)46/h1-24,26,28-33,35,39H,25,27,34H2. The van der Waals surface area contributed by atoms with Crippen LogP contribution in [0.3, 0.4) is 0 Å². The third kappa shape index (κ3) is 6.28. The first-order valence-corrected chi connectivity index (χ1v) is 20.4. The second kappa shape index (κ2) is 14.8. The van der Waals surface area contributed by atoms with Crippen molar-refractivity contribution in [2.75, 3.05) is 0 Å². The molecule has 1 aliphatic heterocycles. The SMILES string of the molecule is c1ccc(-c2c3ccc(-n4c(-c5ccccn5)nc5ccccc54)cc3c(-c3ccccc3)c3ccc(CCC4CC(c5ccccn5)=Nc5ccccc54)cc23)cc1. The van der Waals surface area contributed by atoms with Crippen LogP contribution < -0.4 is 0 Å². The molecule has 280 valence electrons. The summed E-state index contributed by atoms with van der Waals surface area (Å²) >= 11 is 0. The average molecular weight is 758 g/mol. The van der Waals surface area contributed by atoms with Crippen LogP contribution in [0.2, 0.25) is 0 Å². The van der Waals surface area contributed by atoms with Gasteiger partial charge in [0.25, 0.3) is 0 Å². The number of hydrogen-bond donors (Lipinski definition) is 0. The molecule has 5 nitrogen and oxygen atoms in total. The van der Waals surface area contributed by atoms with Gasteiger partial charge >= 0.3 is 0 Å². The topological polar surface area (TPSA) is 56.0 Å². The van der Waals surface area contributed by atoms with E-state index in [4.69, 9.17) is 15.0 Å². The lowest BCUT2D eigenvalue weighted by molar-refractivity contribution is 0.640. The molecule has 0 aliphatic carbocycles. The quantitative estimate of drug-likeness (QED) is 0.145. The van der Waals surface area contributed by atoms with Crippen LogP contribution in [-0.4, -0.2) is 25.2 Å². The number of pyridine rings is 2. The molecule has 7 aromatic carbocycles. The van der Waals surface area contributed by atoms with Gasteiger partial charge in [0.1, 0.15) is 5.69 Å². The van der Waals surface area contributed by atoms with Crippen LogP contribution in [-0.2, 0) is 6.42 Å². The van der Waals surface area contributed by atoms with Gasteiger partial charge in [0.15, 0.2) is 5.82 Å². The summed E-state index contributed by atoms with van der Waals surface area (Å²) in [4.78, 5) is 19.6. The van der Waals surface area contributed by atoms with E-state index in [0.717, 1.165) is 64.6 Å². The molecule has 0 saturated heterocycles. The zero-order valence-corrected chi connectivity index (χ0v) is 32.4. The van der Waals surface area contributed by atoms with Crippen LogP contribution in [0.15, 0.2) is 199 Å². The molecule has 1 aliphatic rings. The Morgan fingerprint density at radius 3 is 1.88 bits per heavy atom. The highest BCUT2D eigenvalue weighted by Gasteiger charge is 2.25. The fourth-order valence-electron chi connectivity index (χ4n) is 9.11. The number of rotatable bonds is 8. The highest BCUT2D eigenvalue weighted by molar-refractivity contribution is 6.22. The summed E-state index contributed by atoms with van der Waals surface area (Å²) in [5.74, 6) is 1.16. The van der Waals surface area contributed by atoms with Gasteiger partial charge in [-0.05, 0) is 135 Å². The van der Waals surface area contributed by atoms with Gasteiger partial charge in [-0.15, -0.1) is 0 Å². The normalized spacial score (nSPS) is 13.8. The molecule has 0 amide bonds. The number of hydrogen-bond acceptors (Lipinski definition) is 4. The van der Waals surface area contributed by atoms with Crippen LogP contribution in [0, 0.1) is 0 Å². The van der Waals surface area contributed by atoms with E-state index in [0.29, 0.717) is 5.92 Å². The third-order valence-corrected chi connectivity index (χ3v) is 11.8. The van der Waals surface area contributed by atoms with Crippen molar-refractivity contribution in [3.8, 4) is 39.5 Å². The summed E-state index contributed by atoms with van der Waals surface area (Å²) in [6.07, 6.45) is 6.52. The van der Waals surface area contributed by atoms with Crippen LogP contribution >= 0.6 is 0 Å². The Bertz CT molecular complexity index is 3170. The first-order chi connectivity index (χ1) is 29.3. The molecule has 0 N–H and O–H groups in total. The number of benzene rings is 7. The molecule has 10 aromatic rings. The van der Waals surface area contributed by atoms with Crippen LogP contribution in [0.5, 0.6) is 0 Å². The third-order valence-electron chi connectivity index (χ3n) is 11.8. The lowest BCUT2D eigenvalue weighted by Gasteiger charge is -2.25. The summed E-state index contributed by atoms with van der Waals surface area (Å²) in [6.45, 7) is 0. The van der Waals surface area contributed by atoms with Gasteiger partial charge in [0.05, 0.1) is 28.1 Å². The van der Waals surface area contributed by atoms with E-state index in [1.807, 2.05) is 48.8 Å². The molecular weight excluding hydrogens is 719 g/mol. The maximum absolute atomic E-state index is 5.12. The van der Waals surface area contributed by atoms with Gasteiger partial charge in [-0.25, -0.2) is 4.98 Å². The van der Waals surface area contributed by atoms with Crippen molar-refractivity contribution in [2.24, 2.45) is 4.99 Å². The molecule has 0 bridgehead atoms. The van der Waals surface area contributed by atoms with Crippen LogP contribution in [0.1, 0.15) is 35.6 Å². The molecule has 5 heteroatoms.